The first-order valence-corrected chi connectivity index (χ1v) is 7.40. The van der Waals surface area contributed by atoms with E-state index in [4.69, 9.17) is 23.2 Å². The lowest BCUT2D eigenvalue weighted by Crippen LogP contribution is -2.18. The molecule has 0 amide bonds. The first-order chi connectivity index (χ1) is 8.61. The van der Waals surface area contributed by atoms with Crippen LogP contribution in [0.2, 0.25) is 10.0 Å². The van der Waals surface area contributed by atoms with Crippen molar-refractivity contribution in [1.29, 1.82) is 0 Å². The third-order valence-corrected chi connectivity index (χ3v) is 4.98. The van der Waals surface area contributed by atoms with Crippen LogP contribution in [-0.4, -0.2) is 7.05 Å². The molecule has 4 heteroatoms. The quantitative estimate of drug-likeness (QED) is 0.849. The van der Waals surface area contributed by atoms with Crippen molar-refractivity contribution in [3.05, 3.63) is 55.7 Å². The van der Waals surface area contributed by atoms with Gasteiger partial charge in [0.1, 0.15) is 0 Å². The van der Waals surface area contributed by atoms with Crippen molar-refractivity contribution in [2.75, 3.05) is 7.05 Å². The SMILES string of the molecule is CNC(Cc1cccc(Cl)c1)c1scc(C)c1Cl. The van der Waals surface area contributed by atoms with E-state index in [-0.39, 0.29) is 6.04 Å². The number of likely N-dealkylation sites (N-methyl/N-ethyl adjacent to an activating group) is 1. The van der Waals surface area contributed by atoms with Crippen molar-refractivity contribution in [2.24, 2.45) is 0 Å². The Morgan fingerprint density at radius 3 is 2.67 bits per heavy atom. The van der Waals surface area contributed by atoms with Crippen LogP contribution in [0.3, 0.4) is 0 Å². The molecule has 0 aliphatic carbocycles. The number of benzene rings is 1. The number of nitrogens with one attached hydrogen (secondary N) is 1. The predicted molar refractivity (Wildman–Crippen MR) is 81.0 cm³/mol. The summed E-state index contributed by atoms with van der Waals surface area (Å²) in [6.45, 7) is 2.04. The first-order valence-electron chi connectivity index (χ1n) is 5.77. The van der Waals surface area contributed by atoms with E-state index in [1.54, 1.807) is 11.3 Å². The van der Waals surface area contributed by atoms with Crippen LogP contribution in [0.25, 0.3) is 0 Å². The minimum Gasteiger partial charge on any atom is -0.312 e. The standard InChI is InChI=1S/C14H15Cl2NS/c1-9-8-18-14(13(9)16)12(17-2)7-10-4-3-5-11(15)6-10/h3-6,8,12,17H,7H2,1-2H3. The molecule has 1 unspecified atom stereocenters. The molecule has 1 aromatic heterocycles. The fraction of sp³-hybridized carbons (Fsp3) is 0.286. The summed E-state index contributed by atoms with van der Waals surface area (Å²) in [5.74, 6) is 0. The summed E-state index contributed by atoms with van der Waals surface area (Å²) in [5, 5.41) is 7.07. The average molecular weight is 300 g/mol. The topological polar surface area (TPSA) is 12.0 Å². The van der Waals surface area contributed by atoms with Crippen molar-refractivity contribution in [3.63, 3.8) is 0 Å². The van der Waals surface area contributed by atoms with Crippen LogP contribution in [0.15, 0.2) is 29.6 Å². The molecule has 96 valence electrons. The van der Waals surface area contributed by atoms with Gasteiger partial charge in [-0.15, -0.1) is 11.3 Å². The Morgan fingerprint density at radius 1 is 1.33 bits per heavy atom. The van der Waals surface area contributed by atoms with Gasteiger partial charge >= 0.3 is 0 Å². The van der Waals surface area contributed by atoms with Crippen LogP contribution in [-0.2, 0) is 6.42 Å². The summed E-state index contributed by atoms with van der Waals surface area (Å²) < 4.78 is 0. The second-order valence-electron chi connectivity index (χ2n) is 4.27. The van der Waals surface area contributed by atoms with E-state index < -0.39 is 0 Å². The molecule has 2 aromatic rings. The lowest BCUT2D eigenvalue weighted by molar-refractivity contribution is 0.602. The van der Waals surface area contributed by atoms with Crippen LogP contribution >= 0.6 is 34.5 Å². The van der Waals surface area contributed by atoms with Crippen LogP contribution in [0, 0.1) is 6.92 Å². The molecule has 0 spiro atoms. The van der Waals surface area contributed by atoms with Gasteiger partial charge in [-0.1, -0.05) is 35.3 Å². The fourth-order valence-electron chi connectivity index (χ4n) is 1.91. The Labute approximate surface area is 122 Å². The van der Waals surface area contributed by atoms with Crippen molar-refractivity contribution in [2.45, 2.75) is 19.4 Å². The maximum Gasteiger partial charge on any atom is 0.0590 e. The fourth-order valence-corrected chi connectivity index (χ4v) is 3.56. The largest absolute Gasteiger partial charge is 0.312 e. The summed E-state index contributed by atoms with van der Waals surface area (Å²) in [6.07, 6.45) is 0.886. The normalized spacial score (nSPS) is 12.7. The minimum atomic E-state index is 0.231. The zero-order valence-electron chi connectivity index (χ0n) is 10.3. The first kappa shape index (κ1) is 13.9. The molecule has 2 rings (SSSR count). The van der Waals surface area contributed by atoms with E-state index in [0.717, 1.165) is 22.0 Å². The van der Waals surface area contributed by atoms with Gasteiger partial charge in [0.25, 0.3) is 0 Å². The van der Waals surface area contributed by atoms with E-state index >= 15 is 0 Å². The molecule has 1 atom stereocenters. The summed E-state index contributed by atoms with van der Waals surface area (Å²) in [7, 11) is 1.96. The smallest absolute Gasteiger partial charge is 0.0590 e. The monoisotopic (exact) mass is 299 g/mol. The van der Waals surface area contributed by atoms with Gasteiger partial charge in [0.15, 0.2) is 0 Å². The van der Waals surface area contributed by atoms with Gasteiger partial charge < -0.3 is 5.32 Å². The molecular formula is C14H15Cl2NS. The Bertz CT molecular complexity index is 536. The molecule has 0 aliphatic heterocycles. The number of halogens is 2. The highest BCUT2D eigenvalue weighted by Crippen LogP contribution is 2.34. The summed E-state index contributed by atoms with van der Waals surface area (Å²) in [6, 6.07) is 8.19. The third-order valence-electron chi connectivity index (χ3n) is 2.92. The molecule has 0 aliphatic rings. The van der Waals surface area contributed by atoms with Gasteiger partial charge in [-0.3, -0.25) is 0 Å². The van der Waals surface area contributed by atoms with Crippen LogP contribution in [0.4, 0.5) is 0 Å². The van der Waals surface area contributed by atoms with Gasteiger partial charge in [-0.05, 0) is 49.0 Å². The van der Waals surface area contributed by atoms with Crippen molar-refractivity contribution < 1.29 is 0 Å². The van der Waals surface area contributed by atoms with Crippen molar-refractivity contribution in [3.8, 4) is 0 Å². The highest BCUT2D eigenvalue weighted by molar-refractivity contribution is 7.10. The Morgan fingerprint density at radius 2 is 2.11 bits per heavy atom. The molecule has 0 saturated heterocycles. The van der Waals surface area contributed by atoms with Crippen LogP contribution < -0.4 is 5.32 Å². The van der Waals surface area contributed by atoms with E-state index in [1.165, 1.54) is 10.4 Å². The molecule has 0 fully saturated rings. The maximum atomic E-state index is 6.32. The molecule has 1 aromatic carbocycles. The zero-order chi connectivity index (χ0) is 13.1. The van der Waals surface area contributed by atoms with Gasteiger partial charge in [0.2, 0.25) is 0 Å². The number of thiophene rings is 1. The lowest BCUT2D eigenvalue weighted by atomic mass is 10.0. The summed E-state index contributed by atoms with van der Waals surface area (Å²) >= 11 is 14.0. The number of aryl methyl sites for hydroxylation is 1. The molecule has 1 N–H and O–H groups in total. The molecule has 0 radical (unpaired) electrons. The van der Waals surface area contributed by atoms with E-state index in [1.807, 2.05) is 32.2 Å². The summed E-state index contributed by atoms with van der Waals surface area (Å²) in [4.78, 5) is 1.19. The highest BCUT2D eigenvalue weighted by Gasteiger charge is 2.17. The molecule has 0 bridgehead atoms. The maximum absolute atomic E-state index is 6.32. The third kappa shape index (κ3) is 3.07. The minimum absolute atomic E-state index is 0.231. The van der Waals surface area contributed by atoms with E-state index in [0.29, 0.717) is 0 Å². The Hall–Kier alpha value is -0.540. The Kier molecular flexibility index (Phi) is 4.68. The summed E-state index contributed by atoms with van der Waals surface area (Å²) in [5.41, 5.74) is 2.35. The molecule has 1 heterocycles. The van der Waals surface area contributed by atoms with Gasteiger partial charge in [-0.25, -0.2) is 0 Å². The van der Waals surface area contributed by atoms with E-state index in [2.05, 4.69) is 16.8 Å². The predicted octanol–water partition coefficient (Wildman–Crippen LogP) is 4.87. The molecular weight excluding hydrogens is 285 g/mol. The number of hydrogen-bond donors (Lipinski definition) is 1. The second kappa shape index (κ2) is 6.07. The average Bonchev–Trinajstić information content (AvgIpc) is 2.67. The van der Waals surface area contributed by atoms with E-state index in [9.17, 15) is 0 Å². The van der Waals surface area contributed by atoms with Crippen LogP contribution in [0.5, 0.6) is 0 Å². The van der Waals surface area contributed by atoms with Gasteiger partial charge in [0, 0.05) is 15.9 Å². The van der Waals surface area contributed by atoms with Crippen molar-refractivity contribution >= 4 is 34.5 Å². The number of rotatable bonds is 4. The van der Waals surface area contributed by atoms with Gasteiger partial charge in [-0.2, -0.15) is 0 Å². The second-order valence-corrected chi connectivity index (χ2v) is 6.00. The zero-order valence-corrected chi connectivity index (χ0v) is 12.7. The number of hydrogen-bond acceptors (Lipinski definition) is 2. The molecule has 18 heavy (non-hydrogen) atoms. The Balaban J connectivity index is 2.22. The van der Waals surface area contributed by atoms with Gasteiger partial charge in [0.05, 0.1) is 5.02 Å². The van der Waals surface area contributed by atoms with Crippen molar-refractivity contribution in [1.82, 2.24) is 5.32 Å². The highest BCUT2D eigenvalue weighted by atomic mass is 35.5. The lowest BCUT2D eigenvalue weighted by Gasteiger charge is -2.15. The van der Waals surface area contributed by atoms with Crippen LogP contribution in [0.1, 0.15) is 22.0 Å². The molecule has 0 saturated carbocycles. The molecule has 1 nitrogen and oxygen atoms in total.